The molecular formula is C27H15Cl4FN2O2. The van der Waals surface area contributed by atoms with Gasteiger partial charge < -0.3 is 5.32 Å². The van der Waals surface area contributed by atoms with Crippen molar-refractivity contribution in [3.8, 4) is 18.4 Å². The molecule has 3 aromatic carbocycles. The van der Waals surface area contributed by atoms with E-state index < -0.39 is 33.7 Å². The molecule has 3 aromatic rings. The van der Waals surface area contributed by atoms with Crippen LogP contribution in [0.3, 0.4) is 0 Å². The van der Waals surface area contributed by atoms with Crippen LogP contribution in [0, 0.1) is 35.4 Å². The summed E-state index contributed by atoms with van der Waals surface area (Å²) in [5, 5.41) is 12.5. The van der Waals surface area contributed by atoms with Gasteiger partial charge in [0.2, 0.25) is 5.91 Å². The van der Waals surface area contributed by atoms with Gasteiger partial charge in [-0.3, -0.25) is 9.59 Å². The molecule has 0 aliphatic heterocycles. The van der Waals surface area contributed by atoms with Gasteiger partial charge in [-0.05, 0) is 53.6 Å². The molecule has 2 atom stereocenters. The lowest BCUT2D eigenvalue weighted by Crippen LogP contribution is -2.17. The first kappa shape index (κ1) is 26.0. The average molecular weight is 560 g/mol. The predicted molar refractivity (Wildman–Crippen MR) is 139 cm³/mol. The third-order valence-electron chi connectivity index (χ3n) is 5.92. The number of nitrogens with zero attached hydrogens (tertiary/aromatic N) is 1. The minimum absolute atomic E-state index is 0.0552. The molecule has 1 amide bonds. The van der Waals surface area contributed by atoms with Crippen molar-refractivity contribution in [2.75, 3.05) is 5.32 Å². The van der Waals surface area contributed by atoms with Gasteiger partial charge in [-0.1, -0.05) is 41.3 Å². The Labute approximate surface area is 226 Å². The number of terminal acetylenes is 1. The normalized spacial score (nSPS) is 17.5. The van der Waals surface area contributed by atoms with Crippen LogP contribution in [0.25, 0.3) is 0 Å². The molecule has 4 rings (SSSR count). The quantitative estimate of drug-likeness (QED) is 0.202. The van der Waals surface area contributed by atoms with Crippen LogP contribution in [-0.4, -0.2) is 16.0 Å². The second-order valence-corrected chi connectivity index (χ2v) is 10.5. The Morgan fingerprint density at radius 2 is 1.78 bits per heavy atom. The second kappa shape index (κ2) is 10.1. The molecule has 0 bridgehead atoms. The summed E-state index contributed by atoms with van der Waals surface area (Å²) in [5.74, 6) is -0.259. The number of nitriles is 1. The molecule has 9 heteroatoms. The number of ketones is 1. The third-order valence-corrected chi connectivity index (χ3v) is 7.50. The van der Waals surface area contributed by atoms with Crippen LogP contribution in [0.15, 0.2) is 54.6 Å². The van der Waals surface area contributed by atoms with Crippen LogP contribution in [0.1, 0.15) is 38.5 Å². The highest BCUT2D eigenvalue weighted by Gasteiger charge is 2.67. The lowest BCUT2D eigenvalue weighted by atomic mass is 9.98. The molecule has 36 heavy (non-hydrogen) atoms. The van der Waals surface area contributed by atoms with E-state index in [0.717, 1.165) is 6.07 Å². The van der Waals surface area contributed by atoms with Crippen LogP contribution in [0.5, 0.6) is 0 Å². The van der Waals surface area contributed by atoms with Crippen molar-refractivity contribution in [3.63, 3.8) is 0 Å². The van der Waals surface area contributed by atoms with Crippen molar-refractivity contribution in [2.24, 2.45) is 5.92 Å². The largest absolute Gasteiger partial charge is 0.326 e. The van der Waals surface area contributed by atoms with E-state index in [1.165, 1.54) is 30.3 Å². The highest BCUT2D eigenvalue weighted by atomic mass is 35.5. The van der Waals surface area contributed by atoms with Crippen LogP contribution < -0.4 is 5.32 Å². The fourth-order valence-electron chi connectivity index (χ4n) is 4.02. The summed E-state index contributed by atoms with van der Waals surface area (Å²) >= 11 is 25.3. The SMILES string of the molecule is C#Cc1ccc(C2C(C(=O)Nc3ccc(Cl)c(C(=O)Cc4ccc(F)cc4C#N)c3)C2(Cl)Cl)cc1Cl. The highest BCUT2D eigenvalue weighted by molar-refractivity contribution is 6.53. The Balaban J connectivity index is 1.52. The first-order valence-electron chi connectivity index (χ1n) is 10.5. The summed E-state index contributed by atoms with van der Waals surface area (Å²) < 4.78 is 12.1. The molecule has 4 nitrogen and oxygen atoms in total. The average Bonchev–Trinajstić information content (AvgIpc) is 3.43. The highest BCUT2D eigenvalue weighted by Crippen LogP contribution is 2.65. The van der Waals surface area contributed by atoms with Crippen LogP contribution in [-0.2, 0) is 11.2 Å². The van der Waals surface area contributed by atoms with E-state index in [1.807, 2.05) is 6.07 Å². The molecule has 1 fully saturated rings. The van der Waals surface area contributed by atoms with Crippen LogP contribution >= 0.6 is 46.4 Å². The number of hydrogen-bond donors (Lipinski definition) is 1. The fourth-order valence-corrected chi connectivity index (χ4v) is 5.32. The number of carbonyl (C=O) groups is 2. The van der Waals surface area contributed by atoms with Gasteiger partial charge in [0.25, 0.3) is 0 Å². The molecule has 180 valence electrons. The van der Waals surface area contributed by atoms with E-state index in [1.54, 1.807) is 18.2 Å². The zero-order valence-corrected chi connectivity index (χ0v) is 21.3. The second-order valence-electron chi connectivity index (χ2n) is 8.21. The smallest absolute Gasteiger partial charge is 0.231 e. The Kier molecular flexibility index (Phi) is 7.32. The van der Waals surface area contributed by atoms with E-state index in [9.17, 15) is 19.2 Å². The number of hydrogen-bond acceptors (Lipinski definition) is 3. The van der Waals surface area contributed by atoms with Crippen molar-refractivity contribution in [3.05, 3.63) is 98.3 Å². The first-order chi connectivity index (χ1) is 17.1. The molecule has 1 saturated carbocycles. The van der Waals surface area contributed by atoms with Gasteiger partial charge in [0.15, 0.2) is 5.78 Å². The third kappa shape index (κ3) is 5.07. The summed E-state index contributed by atoms with van der Waals surface area (Å²) in [4.78, 5) is 25.9. The van der Waals surface area contributed by atoms with Crippen LogP contribution in [0.4, 0.5) is 10.1 Å². The van der Waals surface area contributed by atoms with Gasteiger partial charge in [0.1, 0.15) is 10.2 Å². The van der Waals surface area contributed by atoms with Gasteiger partial charge >= 0.3 is 0 Å². The lowest BCUT2D eigenvalue weighted by Gasteiger charge is -2.10. The summed E-state index contributed by atoms with van der Waals surface area (Å²) in [5.41, 5.74) is 2.04. The van der Waals surface area contributed by atoms with Crippen molar-refractivity contribution in [1.82, 2.24) is 0 Å². The number of rotatable bonds is 6. The van der Waals surface area contributed by atoms with Crippen molar-refractivity contribution < 1.29 is 14.0 Å². The zero-order valence-electron chi connectivity index (χ0n) is 18.3. The monoisotopic (exact) mass is 558 g/mol. The number of anilines is 1. The van der Waals surface area contributed by atoms with Crippen molar-refractivity contribution in [2.45, 2.75) is 16.7 Å². The molecule has 1 N–H and O–H groups in total. The number of Topliss-reactive ketones (excluding diaryl/α,β-unsaturated/α-hetero) is 1. The number of amides is 1. The molecule has 0 heterocycles. The number of alkyl halides is 2. The minimum Gasteiger partial charge on any atom is -0.326 e. The van der Waals surface area contributed by atoms with E-state index in [-0.39, 0.29) is 22.6 Å². The summed E-state index contributed by atoms with van der Waals surface area (Å²) in [6.45, 7) is 0. The van der Waals surface area contributed by atoms with Crippen molar-refractivity contribution >= 4 is 63.8 Å². The molecule has 0 radical (unpaired) electrons. The van der Waals surface area contributed by atoms with Gasteiger partial charge in [-0.15, -0.1) is 29.6 Å². The molecule has 2 unspecified atom stereocenters. The molecule has 1 aliphatic rings. The number of halogens is 5. The Bertz CT molecular complexity index is 1490. The summed E-state index contributed by atoms with van der Waals surface area (Å²) in [6, 6.07) is 14.9. The van der Waals surface area contributed by atoms with Crippen molar-refractivity contribution in [1.29, 1.82) is 5.26 Å². The van der Waals surface area contributed by atoms with E-state index >= 15 is 0 Å². The molecule has 1 aliphatic carbocycles. The van der Waals surface area contributed by atoms with Gasteiger partial charge in [-0.25, -0.2) is 4.39 Å². The number of carbonyl (C=O) groups excluding carboxylic acids is 2. The topological polar surface area (TPSA) is 70.0 Å². The zero-order chi connectivity index (χ0) is 26.2. The Morgan fingerprint density at radius 3 is 2.44 bits per heavy atom. The molecule has 0 spiro atoms. The van der Waals surface area contributed by atoms with Gasteiger partial charge in [-0.2, -0.15) is 5.26 Å². The van der Waals surface area contributed by atoms with Gasteiger partial charge in [0.05, 0.1) is 27.6 Å². The summed E-state index contributed by atoms with van der Waals surface area (Å²) in [6.07, 6.45) is 5.23. The van der Waals surface area contributed by atoms with E-state index in [2.05, 4.69) is 11.2 Å². The molecule has 0 aromatic heterocycles. The van der Waals surface area contributed by atoms with Gasteiger partial charge in [0, 0.05) is 29.2 Å². The Hall–Kier alpha value is -3.06. The fraction of sp³-hybridized carbons (Fsp3) is 0.148. The maximum atomic E-state index is 13.4. The minimum atomic E-state index is -1.35. The summed E-state index contributed by atoms with van der Waals surface area (Å²) in [7, 11) is 0. The standard InChI is InChI=1S/C27H15Cl4FN2O2/c1-2-14-3-4-16(10-22(14)29)24-25(27(24,30)31)26(36)34-19-7-8-21(28)20(12-19)23(35)11-15-5-6-18(32)9-17(15)13-33/h1,3-10,12,24-25H,11H2,(H,34,36). The van der Waals surface area contributed by atoms with Crippen LogP contribution in [0.2, 0.25) is 10.0 Å². The predicted octanol–water partition coefficient (Wildman–Crippen LogP) is 6.94. The van der Waals surface area contributed by atoms with E-state index in [0.29, 0.717) is 27.4 Å². The maximum absolute atomic E-state index is 13.4. The Morgan fingerprint density at radius 1 is 1.03 bits per heavy atom. The first-order valence-corrected chi connectivity index (χ1v) is 12.0. The number of benzene rings is 3. The molecule has 0 saturated heterocycles. The van der Waals surface area contributed by atoms with E-state index in [4.69, 9.17) is 52.8 Å². The lowest BCUT2D eigenvalue weighted by molar-refractivity contribution is -0.117. The molecular weight excluding hydrogens is 545 g/mol. The maximum Gasteiger partial charge on any atom is 0.231 e. The number of nitrogens with one attached hydrogen (secondary N) is 1.